The second-order valence-corrected chi connectivity index (χ2v) is 4.34. The number of piperidine rings is 1. The van der Waals surface area contributed by atoms with Crippen LogP contribution in [0.5, 0.6) is 0 Å². The van der Waals surface area contributed by atoms with E-state index in [-0.39, 0.29) is 17.9 Å². The lowest BCUT2D eigenvalue weighted by Gasteiger charge is -2.22. The molecule has 1 aliphatic rings. The van der Waals surface area contributed by atoms with Crippen LogP contribution in [0.1, 0.15) is 25.7 Å². The number of hydrogen-bond acceptors (Lipinski definition) is 4. The molecule has 0 aromatic carbocycles. The summed E-state index contributed by atoms with van der Waals surface area (Å²) in [6.07, 6.45) is 2.98. The molecule has 0 aromatic rings. The molecular weight excluding hydrogens is 234 g/mol. The highest BCUT2D eigenvalue weighted by atomic mass is 16.5. The topological polar surface area (TPSA) is 79.5 Å². The Balaban J connectivity index is 1.97. The van der Waals surface area contributed by atoms with E-state index >= 15 is 0 Å². The highest BCUT2D eigenvalue weighted by Gasteiger charge is 2.13. The minimum atomic E-state index is -0.0683. The van der Waals surface area contributed by atoms with Gasteiger partial charge in [-0.2, -0.15) is 0 Å². The summed E-state index contributed by atoms with van der Waals surface area (Å²) in [4.78, 5) is 22.3. The number of rotatable bonds is 7. The van der Waals surface area contributed by atoms with Crippen LogP contribution in [0.3, 0.4) is 0 Å². The summed E-state index contributed by atoms with van der Waals surface area (Å²) in [5, 5.41) is 8.46. The Kier molecular flexibility index (Phi) is 7.36. The average molecular weight is 257 g/mol. The minimum Gasteiger partial charge on any atom is -0.378 e. The van der Waals surface area contributed by atoms with Gasteiger partial charge in [-0.15, -0.1) is 0 Å². The van der Waals surface area contributed by atoms with Gasteiger partial charge in [0.25, 0.3) is 0 Å². The monoisotopic (exact) mass is 257 g/mol. The summed E-state index contributed by atoms with van der Waals surface area (Å²) in [7, 11) is 1.58. The third kappa shape index (κ3) is 6.56. The SMILES string of the molecule is CNC(=O)CCNC(=O)CCOC1CCNCC1. The van der Waals surface area contributed by atoms with E-state index < -0.39 is 0 Å². The molecule has 3 N–H and O–H groups in total. The van der Waals surface area contributed by atoms with Crippen LogP contribution in [0.25, 0.3) is 0 Å². The molecule has 6 heteroatoms. The molecule has 0 radical (unpaired) electrons. The molecule has 1 saturated heterocycles. The van der Waals surface area contributed by atoms with Gasteiger partial charge in [0.1, 0.15) is 0 Å². The number of hydrogen-bond donors (Lipinski definition) is 3. The van der Waals surface area contributed by atoms with Gasteiger partial charge in [0, 0.05) is 26.4 Å². The Labute approximate surface area is 108 Å². The summed E-state index contributed by atoms with van der Waals surface area (Å²) >= 11 is 0. The first-order valence-electron chi connectivity index (χ1n) is 6.52. The maximum atomic E-state index is 11.4. The fourth-order valence-corrected chi connectivity index (χ4v) is 1.81. The number of carbonyl (C=O) groups excluding carboxylic acids is 2. The third-order valence-electron chi connectivity index (χ3n) is 2.92. The Bertz CT molecular complexity index is 265. The van der Waals surface area contributed by atoms with Crippen LogP contribution in [-0.2, 0) is 14.3 Å². The van der Waals surface area contributed by atoms with Gasteiger partial charge in [0.2, 0.25) is 11.8 Å². The van der Waals surface area contributed by atoms with E-state index in [0.29, 0.717) is 26.0 Å². The first kappa shape index (κ1) is 14.9. The van der Waals surface area contributed by atoms with E-state index in [1.165, 1.54) is 0 Å². The third-order valence-corrected chi connectivity index (χ3v) is 2.92. The Morgan fingerprint density at radius 2 is 1.94 bits per heavy atom. The normalized spacial score (nSPS) is 16.3. The van der Waals surface area contributed by atoms with Gasteiger partial charge >= 0.3 is 0 Å². The minimum absolute atomic E-state index is 0.0622. The summed E-state index contributed by atoms with van der Waals surface area (Å²) in [6.45, 7) is 2.81. The molecule has 6 nitrogen and oxygen atoms in total. The predicted octanol–water partition coefficient (Wildman–Crippen LogP) is -0.603. The quantitative estimate of drug-likeness (QED) is 0.569. The van der Waals surface area contributed by atoms with Crippen molar-refractivity contribution in [3.05, 3.63) is 0 Å². The van der Waals surface area contributed by atoms with Crippen LogP contribution in [0.15, 0.2) is 0 Å². The van der Waals surface area contributed by atoms with E-state index in [1.807, 2.05) is 0 Å². The first-order chi connectivity index (χ1) is 8.72. The van der Waals surface area contributed by atoms with Gasteiger partial charge in [-0.25, -0.2) is 0 Å². The van der Waals surface area contributed by atoms with Crippen molar-refractivity contribution in [1.29, 1.82) is 0 Å². The lowest BCUT2D eigenvalue weighted by atomic mass is 10.1. The van der Waals surface area contributed by atoms with Crippen LogP contribution in [0.4, 0.5) is 0 Å². The molecule has 1 heterocycles. The second kappa shape index (κ2) is 8.88. The van der Waals surface area contributed by atoms with Crippen molar-refractivity contribution in [2.24, 2.45) is 0 Å². The number of carbonyl (C=O) groups is 2. The zero-order chi connectivity index (χ0) is 13.2. The summed E-state index contributed by atoms with van der Waals surface area (Å²) < 4.78 is 5.62. The molecule has 0 unspecified atom stereocenters. The molecule has 1 rings (SSSR count). The fraction of sp³-hybridized carbons (Fsp3) is 0.833. The maximum absolute atomic E-state index is 11.4. The van der Waals surface area contributed by atoms with Crippen LogP contribution in [0.2, 0.25) is 0 Å². The van der Waals surface area contributed by atoms with Crippen molar-refractivity contribution < 1.29 is 14.3 Å². The molecule has 2 amide bonds. The smallest absolute Gasteiger partial charge is 0.222 e. The molecule has 18 heavy (non-hydrogen) atoms. The number of ether oxygens (including phenoxy) is 1. The molecule has 0 bridgehead atoms. The Hall–Kier alpha value is -1.14. The lowest BCUT2D eigenvalue weighted by molar-refractivity contribution is -0.123. The van der Waals surface area contributed by atoms with E-state index in [0.717, 1.165) is 25.9 Å². The van der Waals surface area contributed by atoms with E-state index in [2.05, 4.69) is 16.0 Å². The highest BCUT2D eigenvalue weighted by Crippen LogP contribution is 2.07. The van der Waals surface area contributed by atoms with Gasteiger partial charge in [0.15, 0.2) is 0 Å². The van der Waals surface area contributed by atoms with Gasteiger partial charge < -0.3 is 20.7 Å². The van der Waals surface area contributed by atoms with Crippen molar-refractivity contribution in [3.8, 4) is 0 Å². The van der Waals surface area contributed by atoms with Crippen LogP contribution in [0, 0.1) is 0 Å². The molecule has 0 aliphatic carbocycles. The van der Waals surface area contributed by atoms with E-state index in [4.69, 9.17) is 4.74 Å². The second-order valence-electron chi connectivity index (χ2n) is 4.34. The van der Waals surface area contributed by atoms with E-state index in [9.17, 15) is 9.59 Å². The summed E-state index contributed by atoms with van der Waals surface area (Å²) in [5.74, 6) is -0.130. The van der Waals surface area contributed by atoms with Crippen molar-refractivity contribution in [3.63, 3.8) is 0 Å². The van der Waals surface area contributed by atoms with Crippen molar-refractivity contribution >= 4 is 11.8 Å². The Morgan fingerprint density at radius 3 is 2.61 bits per heavy atom. The number of amides is 2. The molecule has 0 aromatic heterocycles. The Morgan fingerprint density at radius 1 is 1.22 bits per heavy atom. The van der Waals surface area contributed by atoms with Crippen LogP contribution in [-0.4, -0.2) is 51.2 Å². The maximum Gasteiger partial charge on any atom is 0.222 e. The molecule has 0 saturated carbocycles. The number of nitrogens with one attached hydrogen (secondary N) is 3. The lowest BCUT2D eigenvalue weighted by Crippen LogP contribution is -2.34. The van der Waals surface area contributed by atoms with Gasteiger partial charge in [-0.05, 0) is 25.9 Å². The van der Waals surface area contributed by atoms with Crippen molar-refractivity contribution in [1.82, 2.24) is 16.0 Å². The molecule has 1 fully saturated rings. The van der Waals surface area contributed by atoms with Gasteiger partial charge in [-0.3, -0.25) is 9.59 Å². The predicted molar refractivity (Wildman–Crippen MR) is 68.2 cm³/mol. The standard InChI is InChI=1S/C12H23N3O3/c1-13-11(16)4-8-15-12(17)5-9-18-10-2-6-14-7-3-10/h10,14H,2-9H2,1H3,(H,13,16)(H,15,17). The highest BCUT2D eigenvalue weighted by molar-refractivity contribution is 5.78. The van der Waals surface area contributed by atoms with Crippen molar-refractivity contribution in [2.45, 2.75) is 31.8 Å². The van der Waals surface area contributed by atoms with Crippen LogP contribution >= 0.6 is 0 Å². The zero-order valence-corrected chi connectivity index (χ0v) is 11.0. The largest absolute Gasteiger partial charge is 0.378 e. The zero-order valence-electron chi connectivity index (χ0n) is 11.0. The molecule has 0 atom stereocenters. The van der Waals surface area contributed by atoms with Gasteiger partial charge in [0.05, 0.1) is 12.7 Å². The summed E-state index contributed by atoms with van der Waals surface area (Å²) in [5.41, 5.74) is 0. The molecule has 0 spiro atoms. The van der Waals surface area contributed by atoms with Gasteiger partial charge in [-0.1, -0.05) is 0 Å². The molecular formula is C12H23N3O3. The molecule has 104 valence electrons. The summed E-state index contributed by atoms with van der Waals surface area (Å²) in [6, 6.07) is 0. The first-order valence-corrected chi connectivity index (χ1v) is 6.52. The van der Waals surface area contributed by atoms with Crippen molar-refractivity contribution in [2.75, 3.05) is 33.3 Å². The average Bonchev–Trinajstić information content (AvgIpc) is 2.39. The van der Waals surface area contributed by atoms with E-state index in [1.54, 1.807) is 7.05 Å². The van der Waals surface area contributed by atoms with Crippen LogP contribution < -0.4 is 16.0 Å². The molecule has 1 aliphatic heterocycles. The fourth-order valence-electron chi connectivity index (χ4n) is 1.81.